The Kier molecular flexibility index (Phi) is 5.48. The van der Waals surface area contributed by atoms with E-state index in [0.717, 1.165) is 48.0 Å². The van der Waals surface area contributed by atoms with Gasteiger partial charge < -0.3 is 10.4 Å². The van der Waals surface area contributed by atoms with Crippen LogP contribution < -0.4 is 5.32 Å². The van der Waals surface area contributed by atoms with Gasteiger partial charge in [-0.3, -0.25) is 4.79 Å². The molecular weight excluding hydrogens is 382 g/mol. The first-order chi connectivity index (χ1) is 14.8. The molecule has 0 unspecified atom stereocenters. The van der Waals surface area contributed by atoms with Crippen molar-refractivity contribution in [3.63, 3.8) is 0 Å². The Morgan fingerprint density at radius 3 is 2.48 bits per heavy atom. The zero-order valence-electron chi connectivity index (χ0n) is 19.6. The van der Waals surface area contributed by atoms with Crippen molar-refractivity contribution in [1.82, 2.24) is 5.32 Å². The zero-order valence-corrected chi connectivity index (χ0v) is 19.6. The molecular formula is C28H41NO2. The molecule has 1 amide bonds. The smallest absolute Gasteiger partial charge is 0.251 e. The van der Waals surface area contributed by atoms with Crippen LogP contribution in [0.4, 0.5) is 0 Å². The molecule has 1 aromatic carbocycles. The molecule has 5 rings (SSSR count). The van der Waals surface area contributed by atoms with Crippen LogP contribution in [0.5, 0.6) is 0 Å². The second kappa shape index (κ2) is 7.90. The van der Waals surface area contributed by atoms with Gasteiger partial charge in [0.1, 0.15) is 0 Å². The number of carbonyl (C=O) groups excluding carboxylic acids is 1. The van der Waals surface area contributed by atoms with Gasteiger partial charge in [0.25, 0.3) is 5.91 Å². The number of aliphatic hydroxyl groups is 1. The second-order valence-electron chi connectivity index (χ2n) is 12.0. The van der Waals surface area contributed by atoms with E-state index in [9.17, 15) is 9.90 Å². The molecule has 4 aliphatic carbocycles. The summed E-state index contributed by atoms with van der Waals surface area (Å²) in [5, 5.41) is 14.0. The second-order valence-corrected chi connectivity index (χ2v) is 12.0. The average molecular weight is 424 g/mol. The van der Waals surface area contributed by atoms with Gasteiger partial charge in [0, 0.05) is 11.6 Å². The summed E-state index contributed by atoms with van der Waals surface area (Å²) < 4.78 is 0. The molecule has 4 aliphatic rings. The SMILES string of the molecule is C[C@@H](NC(=O)c1ccccc1)[C@H]1CC[C@H]2[C@@H]3CC[C@@H]4C[C@](C)(O)CC[C@@H]4[C@H]3CC[C@]12C. The van der Waals surface area contributed by atoms with Crippen molar-refractivity contribution < 1.29 is 9.90 Å². The third-order valence-corrected chi connectivity index (χ3v) is 10.3. The summed E-state index contributed by atoms with van der Waals surface area (Å²) in [6.45, 7) is 6.85. The number of fused-ring (bicyclic) bond motifs is 5. The molecule has 2 N–H and O–H groups in total. The fourth-order valence-electron chi connectivity index (χ4n) is 8.92. The third kappa shape index (κ3) is 3.75. The quantitative estimate of drug-likeness (QED) is 0.643. The van der Waals surface area contributed by atoms with Crippen LogP contribution in [0.1, 0.15) is 88.9 Å². The lowest BCUT2D eigenvalue weighted by atomic mass is 9.49. The predicted molar refractivity (Wildman–Crippen MR) is 125 cm³/mol. The molecule has 9 atom stereocenters. The van der Waals surface area contributed by atoms with Gasteiger partial charge in [0.2, 0.25) is 0 Å². The summed E-state index contributed by atoms with van der Waals surface area (Å²) >= 11 is 0. The molecule has 4 fully saturated rings. The van der Waals surface area contributed by atoms with E-state index in [1.54, 1.807) is 0 Å². The average Bonchev–Trinajstić information content (AvgIpc) is 3.10. The van der Waals surface area contributed by atoms with Gasteiger partial charge >= 0.3 is 0 Å². The molecule has 0 heterocycles. The Balaban J connectivity index is 1.28. The Labute approximate surface area is 188 Å². The topological polar surface area (TPSA) is 49.3 Å². The standard InChI is InChI=1S/C28H41NO2/c1-18(29-26(30)19-7-5-4-6-8-19)24-11-12-25-23-10-9-20-17-27(2,31)15-13-21(20)22(23)14-16-28(24,25)3/h4-8,18,20-25,31H,9-17H2,1-3H3,(H,29,30)/t18-,20-,21+,22-,23-,24-,25+,27-,28-/m1/s1. The highest BCUT2D eigenvalue weighted by Gasteiger charge is 2.58. The first-order valence-corrected chi connectivity index (χ1v) is 12.9. The van der Waals surface area contributed by atoms with Crippen molar-refractivity contribution >= 4 is 5.91 Å². The molecule has 3 heteroatoms. The summed E-state index contributed by atoms with van der Waals surface area (Å²) in [5.41, 5.74) is 0.698. The van der Waals surface area contributed by atoms with Gasteiger partial charge in [0.15, 0.2) is 0 Å². The molecule has 4 saturated carbocycles. The van der Waals surface area contributed by atoms with Crippen LogP contribution in [-0.2, 0) is 0 Å². The van der Waals surface area contributed by atoms with E-state index in [1.807, 2.05) is 30.3 Å². The monoisotopic (exact) mass is 423 g/mol. The molecule has 31 heavy (non-hydrogen) atoms. The number of nitrogens with one attached hydrogen (secondary N) is 1. The van der Waals surface area contributed by atoms with Gasteiger partial charge in [0.05, 0.1) is 5.60 Å². The molecule has 0 saturated heterocycles. The molecule has 170 valence electrons. The molecule has 0 aliphatic heterocycles. The number of amides is 1. The van der Waals surface area contributed by atoms with E-state index in [0.29, 0.717) is 11.3 Å². The van der Waals surface area contributed by atoms with Crippen LogP contribution in [0.3, 0.4) is 0 Å². The summed E-state index contributed by atoms with van der Waals surface area (Å²) in [4.78, 5) is 12.8. The van der Waals surface area contributed by atoms with Crippen molar-refractivity contribution in [1.29, 1.82) is 0 Å². The van der Waals surface area contributed by atoms with Crippen LogP contribution in [0.15, 0.2) is 30.3 Å². The number of hydrogen-bond acceptors (Lipinski definition) is 2. The molecule has 0 bridgehead atoms. The molecule has 0 radical (unpaired) electrons. The number of carbonyl (C=O) groups is 1. The van der Waals surface area contributed by atoms with E-state index < -0.39 is 5.60 Å². The van der Waals surface area contributed by atoms with Crippen molar-refractivity contribution in [2.75, 3.05) is 0 Å². The fourth-order valence-corrected chi connectivity index (χ4v) is 8.92. The number of hydrogen-bond donors (Lipinski definition) is 2. The van der Waals surface area contributed by atoms with Crippen molar-refractivity contribution in [3.8, 4) is 0 Å². The first kappa shape index (κ1) is 21.5. The lowest BCUT2D eigenvalue weighted by Gasteiger charge is -2.57. The highest BCUT2D eigenvalue weighted by Crippen LogP contribution is 2.65. The molecule has 3 nitrogen and oxygen atoms in total. The van der Waals surface area contributed by atoms with Crippen LogP contribution in [0.25, 0.3) is 0 Å². The van der Waals surface area contributed by atoms with Crippen LogP contribution in [0, 0.1) is 40.9 Å². The largest absolute Gasteiger partial charge is 0.390 e. The summed E-state index contributed by atoms with van der Waals surface area (Å²) in [6.07, 6.45) is 11.2. The Morgan fingerprint density at radius 2 is 1.71 bits per heavy atom. The van der Waals surface area contributed by atoms with E-state index in [4.69, 9.17) is 0 Å². The molecule has 0 aromatic heterocycles. The van der Waals surface area contributed by atoms with Crippen molar-refractivity contribution in [3.05, 3.63) is 35.9 Å². The van der Waals surface area contributed by atoms with E-state index >= 15 is 0 Å². The van der Waals surface area contributed by atoms with E-state index in [-0.39, 0.29) is 11.9 Å². The van der Waals surface area contributed by atoms with Gasteiger partial charge in [-0.2, -0.15) is 0 Å². The Morgan fingerprint density at radius 1 is 0.968 bits per heavy atom. The summed E-state index contributed by atoms with van der Waals surface area (Å²) in [7, 11) is 0. The predicted octanol–water partition coefficient (Wildman–Crippen LogP) is 5.82. The minimum atomic E-state index is -0.429. The van der Waals surface area contributed by atoms with E-state index in [1.165, 1.54) is 44.9 Å². The maximum absolute atomic E-state index is 12.8. The van der Waals surface area contributed by atoms with Crippen molar-refractivity contribution in [2.45, 2.75) is 90.2 Å². The number of rotatable bonds is 3. The first-order valence-electron chi connectivity index (χ1n) is 12.9. The normalized spacial score (nSPS) is 45.2. The minimum absolute atomic E-state index is 0.0728. The molecule has 1 aromatic rings. The molecule has 0 spiro atoms. The van der Waals surface area contributed by atoms with Gasteiger partial charge in [-0.15, -0.1) is 0 Å². The minimum Gasteiger partial charge on any atom is -0.390 e. The van der Waals surface area contributed by atoms with Crippen molar-refractivity contribution in [2.24, 2.45) is 40.9 Å². The van der Waals surface area contributed by atoms with E-state index in [2.05, 4.69) is 26.1 Å². The maximum Gasteiger partial charge on any atom is 0.251 e. The zero-order chi connectivity index (χ0) is 21.8. The van der Waals surface area contributed by atoms with Gasteiger partial charge in [-0.1, -0.05) is 25.1 Å². The summed E-state index contributed by atoms with van der Waals surface area (Å²) in [6, 6.07) is 9.88. The Bertz CT molecular complexity index is 804. The van der Waals surface area contributed by atoms with Crippen LogP contribution >= 0.6 is 0 Å². The van der Waals surface area contributed by atoms with Crippen LogP contribution in [0.2, 0.25) is 0 Å². The fraction of sp³-hybridized carbons (Fsp3) is 0.750. The third-order valence-electron chi connectivity index (χ3n) is 10.3. The highest BCUT2D eigenvalue weighted by molar-refractivity contribution is 5.94. The highest BCUT2D eigenvalue weighted by atomic mass is 16.3. The lowest BCUT2D eigenvalue weighted by Crippen LogP contribution is -2.52. The van der Waals surface area contributed by atoms with Gasteiger partial charge in [-0.25, -0.2) is 0 Å². The van der Waals surface area contributed by atoms with Gasteiger partial charge in [-0.05, 0) is 125 Å². The maximum atomic E-state index is 12.8. The number of benzene rings is 1. The van der Waals surface area contributed by atoms with Crippen LogP contribution in [-0.4, -0.2) is 22.7 Å². The Hall–Kier alpha value is -1.35. The lowest BCUT2D eigenvalue weighted by molar-refractivity contribution is -0.101. The summed E-state index contributed by atoms with van der Waals surface area (Å²) in [5.74, 6) is 4.80.